The van der Waals surface area contributed by atoms with E-state index in [1.54, 1.807) is 6.08 Å². The van der Waals surface area contributed by atoms with Crippen LogP contribution >= 0.6 is 0 Å². The van der Waals surface area contributed by atoms with Crippen molar-refractivity contribution in [1.29, 1.82) is 0 Å². The lowest BCUT2D eigenvalue weighted by atomic mass is 9.84. The fourth-order valence-electron chi connectivity index (χ4n) is 2.55. The third-order valence-electron chi connectivity index (χ3n) is 3.62. The second-order valence-corrected chi connectivity index (χ2v) is 5.00. The quantitative estimate of drug-likeness (QED) is 0.343. The highest BCUT2D eigenvalue weighted by atomic mass is 16.6. The first-order chi connectivity index (χ1) is 9.99. The number of nitrogens with zero attached hydrogens (tertiary/aromatic N) is 1. The van der Waals surface area contributed by atoms with Crippen LogP contribution < -0.4 is 10.6 Å². The maximum Gasteiger partial charge on any atom is 0.328 e. The van der Waals surface area contributed by atoms with Gasteiger partial charge in [-0.2, -0.15) is 0 Å². The number of amides is 4. The first kappa shape index (κ1) is 14.9. The molecule has 1 saturated carbocycles. The van der Waals surface area contributed by atoms with Crippen LogP contribution in [0, 0.1) is 16.0 Å². The Morgan fingerprint density at radius 3 is 2.33 bits per heavy atom. The first-order valence-electron chi connectivity index (χ1n) is 6.67. The van der Waals surface area contributed by atoms with Crippen molar-refractivity contribution in [2.75, 3.05) is 0 Å². The van der Waals surface area contributed by atoms with E-state index in [9.17, 15) is 24.5 Å². The van der Waals surface area contributed by atoms with E-state index in [1.807, 2.05) is 10.6 Å². The molecule has 8 heteroatoms. The molecule has 0 bridgehead atoms. The number of carbonyl (C=O) groups excluding carboxylic acids is 3. The molecule has 2 aliphatic rings. The summed E-state index contributed by atoms with van der Waals surface area (Å²) in [5.74, 6) is -1.76. The Labute approximate surface area is 120 Å². The van der Waals surface area contributed by atoms with Gasteiger partial charge in [0.15, 0.2) is 0 Å². The predicted octanol–water partition coefficient (Wildman–Crippen LogP) is 0.670. The van der Waals surface area contributed by atoms with Gasteiger partial charge in [-0.05, 0) is 18.9 Å². The van der Waals surface area contributed by atoms with E-state index in [-0.39, 0.29) is 16.4 Å². The van der Waals surface area contributed by atoms with Gasteiger partial charge in [0.1, 0.15) is 5.57 Å². The highest BCUT2D eigenvalue weighted by Gasteiger charge is 2.32. The van der Waals surface area contributed by atoms with E-state index in [0.29, 0.717) is 12.8 Å². The molecule has 2 N–H and O–H groups in total. The zero-order chi connectivity index (χ0) is 15.4. The van der Waals surface area contributed by atoms with Crippen LogP contribution in [0.25, 0.3) is 0 Å². The molecule has 2 fully saturated rings. The molecule has 2 atom stereocenters. The van der Waals surface area contributed by atoms with Gasteiger partial charge in [-0.3, -0.25) is 30.3 Å². The van der Waals surface area contributed by atoms with Crippen LogP contribution in [0.15, 0.2) is 23.8 Å². The molecule has 4 amide bonds. The maximum absolute atomic E-state index is 11.5. The number of hydrogen-bond acceptors (Lipinski definition) is 5. The normalized spacial score (nSPS) is 26.5. The summed E-state index contributed by atoms with van der Waals surface area (Å²) in [6.07, 6.45) is 7.39. The van der Waals surface area contributed by atoms with Gasteiger partial charge >= 0.3 is 6.03 Å². The molecule has 0 aromatic heterocycles. The van der Waals surface area contributed by atoms with Crippen molar-refractivity contribution < 1.29 is 19.3 Å². The fourth-order valence-corrected chi connectivity index (χ4v) is 2.55. The minimum absolute atomic E-state index is 0.195. The van der Waals surface area contributed by atoms with Crippen molar-refractivity contribution in [2.24, 2.45) is 5.92 Å². The van der Waals surface area contributed by atoms with Crippen LogP contribution in [0.1, 0.15) is 25.7 Å². The summed E-state index contributed by atoms with van der Waals surface area (Å²) in [6, 6.07) is -1.48. The van der Waals surface area contributed by atoms with Crippen LogP contribution in [-0.2, 0) is 9.59 Å². The van der Waals surface area contributed by atoms with Gasteiger partial charge in [-0.1, -0.05) is 18.6 Å². The van der Waals surface area contributed by atoms with Crippen LogP contribution in [-0.4, -0.2) is 28.8 Å². The molecule has 0 spiro atoms. The molecule has 1 aliphatic heterocycles. The standard InChI is InChI=1S/C13H15N3O5/c17-11-9(12(18)15-13(19)14-11)6-3-5-8-4-1-2-7-10(8)16(20)21/h3,5-6,8,10H,1-2,4,7H2,(H2,14,15,17,18,19)/b5-3+. The monoisotopic (exact) mass is 293 g/mol. The molecule has 2 rings (SSSR count). The van der Waals surface area contributed by atoms with Crippen molar-refractivity contribution in [1.82, 2.24) is 10.6 Å². The van der Waals surface area contributed by atoms with E-state index in [0.717, 1.165) is 12.8 Å². The highest BCUT2D eigenvalue weighted by Crippen LogP contribution is 2.27. The second kappa shape index (κ2) is 6.29. The first-order valence-corrected chi connectivity index (χ1v) is 6.67. The minimum atomic E-state index is -0.855. The summed E-state index contributed by atoms with van der Waals surface area (Å²) in [6.45, 7) is 0. The lowest BCUT2D eigenvalue weighted by Gasteiger charge is -2.22. The number of nitro groups is 1. The van der Waals surface area contributed by atoms with Crippen LogP contribution in [0.2, 0.25) is 0 Å². The Morgan fingerprint density at radius 2 is 1.71 bits per heavy atom. The van der Waals surface area contributed by atoms with E-state index in [1.165, 1.54) is 12.2 Å². The van der Waals surface area contributed by atoms with Crippen molar-refractivity contribution in [3.8, 4) is 0 Å². The van der Waals surface area contributed by atoms with E-state index >= 15 is 0 Å². The van der Waals surface area contributed by atoms with E-state index < -0.39 is 23.9 Å². The summed E-state index contributed by atoms with van der Waals surface area (Å²) in [5, 5.41) is 14.9. The number of imide groups is 2. The van der Waals surface area contributed by atoms with Gasteiger partial charge in [0.2, 0.25) is 6.04 Å². The second-order valence-electron chi connectivity index (χ2n) is 5.00. The molecule has 1 heterocycles. The van der Waals surface area contributed by atoms with Crippen molar-refractivity contribution in [2.45, 2.75) is 31.7 Å². The van der Waals surface area contributed by atoms with Gasteiger partial charge in [0.25, 0.3) is 11.8 Å². The van der Waals surface area contributed by atoms with Gasteiger partial charge in [0.05, 0.1) is 0 Å². The summed E-state index contributed by atoms with van der Waals surface area (Å²) >= 11 is 0. The van der Waals surface area contributed by atoms with Crippen LogP contribution in [0.4, 0.5) is 4.79 Å². The third-order valence-corrected chi connectivity index (χ3v) is 3.62. The fraction of sp³-hybridized carbons (Fsp3) is 0.462. The highest BCUT2D eigenvalue weighted by molar-refractivity contribution is 6.28. The molecule has 2 unspecified atom stereocenters. The van der Waals surface area contributed by atoms with Crippen molar-refractivity contribution in [3.63, 3.8) is 0 Å². The van der Waals surface area contributed by atoms with Gasteiger partial charge in [-0.15, -0.1) is 0 Å². The van der Waals surface area contributed by atoms with Crippen LogP contribution in [0.5, 0.6) is 0 Å². The Hall–Kier alpha value is -2.51. The maximum atomic E-state index is 11.5. The molecule has 8 nitrogen and oxygen atoms in total. The van der Waals surface area contributed by atoms with Gasteiger partial charge in [0, 0.05) is 17.3 Å². The SMILES string of the molecule is O=C1NC(=O)C(=C/C=C/C2CCCCC2[N+](=O)[O-])C(=O)N1. The smallest absolute Gasteiger partial charge is 0.273 e. The van der Waals surface area contributed by atoms with E-state index in [4.69, 9.17) is 0 Å². The predicted molar refractivity (Wildman–Crippen MR) is 71.6 cm³/mol. The topological polar surface area (TPSA) is 118 Å². The molecule has 1 saturated heterocycles. The molecule has 21 heavy (non-hydrogen) atoms. The molecule has 1 aliphatic carbocycles. The zero-order valence-corrected chi connectivity index (χ0v) is 11.2. The van der Waals surface area contributed by atoms with E-state index in [2.05, 4.69) is 0 Å². The minimum Gasteiger partial charge on any atom is -0.273 e. The zero-order valence-electron chi connectivity index (χ0n) is 11.2. The number of rotatable bonds is 3. The number of nitrogens with one attached hydrogen (secondary N) is 2. The largest absolute Gasteiger partial charge is 0.328 e. The summed E-state index contributed by atoms with van der Waals surface area (Å²) < 4.78 is 0. The van der Waals surface area contributed by atoms with Crippen LogP contribution in [0.3, 0.4) is 0 Å². The molecular weight excluding hydrogens is 278 g/mol. The Kier molecular flexibility index (Phi) is 4.46. The lowest BCUT2D eigenvalue weighted by Crippen LogP contribution is -2.51. The third kappa shape index (κ3) is 3.53. The van der Waals surface area contributed by atoms with Gasteiger partial charge in [-0.25, -0.2) is 4.79 Å². The molecular formula is C13H15N3O5. The lowest BCUT2D eigenvalue weighted by molar-refractivity contribution is -0.533. The van der Waals surface area contributed by atoms with Gasteiger partial charge < -0.3 is 0 Å². The Bertz CT molecular complexity index is 530. The number of allylic oxidation sites excluding steroid dienone is 2. The Morgan fingerprint density at radius 1 is 1.10 bits per heavy atom. The number of carbonyl (C=O) groups is 3. The summed E-state index contributed by atoms with van der Waals surface area (Å²) in [4.78, 5) is 44.5. The molecule has 0 aromatic rings. The number of barbiturate groups is 1. The Balaban J connectivity index is 2.08. The molecule has 0 radical (unpaired) electrons. The summed E-state index contributed by atoms with van der Waals surface area (Å²) in [7, 11) is 0. The van der Waals surface area contributed by atoms with Crippen molar-refractivity contribution >= 4 is 17.8 Å². The number of hydrogen-bond donors (Lipinski definition) is 2. The molecule has 0 aromatic carbocycles. The summed E-state index contributed by atoms with van der Waals surface area (Å²) in [5.41, 5.74) is -0.195. The van der Waals surface area contributed by atoms with Crippen molar-refractivity contribution in [3.05, 3.63) is 33.9 Å². The molecule has 112 valence electrons. The number of urea groups is 1. The average Bonchev–Trinajstić information content (AvgIpc) is 2.42. The average molecular weight is 293 g/mol.